The predicted molar refractivity (Wildman–Crippen MR) is 296 cm³/mol. The number of hydrogen-bond donors (Lipinski definition) is 1. The normalized spacial score (nSPS) is 12.9. The van der Waals surface area contributed by atoms with Crippen LogP contribution in [0.3, 0.4) is 0 Å². The van der Waals surface area contributed by atoms with Crippen LogP contribution in [0.2, 0.25) is 0 Å². The Hall–Kier alpha value is -7.02. The molecule has 0 unspecified atom stereocenters. The van der Waals surface area contributed by atoms with E-state index in [-0.39, 0.29) is 16.2 Å². The minimum absolute atomic E-state index is 0.0208. The summed E-state index contributed by atoms with van der Waals surface area (Å²) in [7, 11) is 0.802. The Morgan fingerprint density at radius 2 is 1.13 bits per heavy atom. The van der Waals surface area contributed by atoms with Crippen molar-refractivity contribution in [2.24, 2.45) is 0 Å². The van der Waals surface area contributed by atoms with E-state index < -0.39 is 0 Å². The molecular weight excluding hydrogens is 846 g/mol. The third-order valence-electron chi connectivity index (χ3n) is 14.3. The van der Waals surface area contributed by atoms with E-state index >= 15 is 0 Å². The van der Waals surface area contributed by atoms with E-state index in [0.717, 1.165) is 63.2 Å². The van der Waals surface area contributed by atoms with Gasteiger partial charge in [0, 0.05) is 60.2 Å². The minimum Gasteiger partial charge on any atom is -0.455 e. The van der Waals surface area contributed by atoms with Gasteiger partial charge < -0.3 is 19.2 Å². The summed E-state index contributed by atoms with van der Waals surface area (Å²) in [4.78, 5) is 2.40. The van der Waals surface area contributed by atoms with Gasteiger partial charge in [0.15, 0.2) is 0 Å². The van der Waals surface area contributed by atoms with Gasteiger partial charge in [0.25, 0.3) is 0 Å². The lowest BCUT2D eigenvalue weighted by Crippen LogP contribution is -2.35. The van der Waals surface area contributed by atoms with Crippen molar-refractivity contribution in [3.63, 3.8) is 0 Å². The highest BCUT2D eigenvalue weighted by Gasteiger charge is 2.34. The van der Waals surface area contributed by atoms with Crippen LogP contribution in [0.15, 0.2) is 168 Å². The van der Waals surface area contributed by atoms with Crippen LogP contribution >= 0.6 is 11.3 Å². The summed E-state index contributed by atoms with van der Waals surface area (Å²) in [6.45, 7) is 20.6. The Kier molecular flexibility index (Phi) is 9.50. The molecule has 0 spiro atoms. The van der Waals surface area contributed by atoms with Gasteiger partial charge in [0.05, 0.1) is 22.1 Å². The Labute approximate surface area is 404 Å². The summed E-state index contributed by atoms with van der Waals surface area (Å²) in [5.74, 6) is 0. The van der Waals surface area contributed by atoms with Crippen LogP contribution < -0.4 is 20.5 Å². The second kappa shape index (κ2) is 15.2. The van der Waals surface area contributed by atoms with E-state index in [0.29, 0.717) is 0 Å². The van der Waals surface area contributed by atoms with Gasteiger partial charge in [-0.2, -0.15) is 0 Å². The Morgan fingerprint density at radius 1 is 0.544 bits per heavy atom. The van der Waals surface area contributed by atoms with Crippen LogP contribution in [-0.2, 0) is 16.2 Å². The highest BCUT2D eigenvalue weighted by Crippen LogP contribution is 2.49. The highest BCUT2D eigenvalue weighted by molar-refractivity contribution is 7.29. The molecule has 1 N–H and O–H groups in total. The van der Waals surface area contributed by atoms with Gasteiger partial charge in [0.2, 0.25) is 7.28 Å². The Bertz CT molecular complexity index is 3720. The third kappa shape index (κ3) is 6.78. The molecule has 11 aromatic rings. The molecule has 1 aliphatic rings. The number of benzene rings is 8. The van der Waals surface area contributed by atoms with Gasteiger partial charge in [-0.25, -0.2) is 0 Å². The fraction of sp³-hybridized carbons (Fsp3) is 0.194. The molecule has 1 aliphatic heterocycles. The molecule has 0 radical (unpaired) electrons. The largest absolute Gasteiger partial charge is 0.455 e. The molecule has 4 nitrogen and oxygen atoms in total. The maximum Gasteiger partial charge on any atom is 0.211 e. The zero-order chi connectivity index (χ0) is 46.9. The average molecular weight is 902 g/mol. The number of thiophene rings is 1. The molecule has 3 aromatic heterocycles. The van der Waals surface area contributed by atoms with Crippen molar-refractivity contribution in [3.8, 4) is 16.8 Å². The van der Waals surface area contributed by atoms with Crippen molar-refractivity contribution in [2.75, 3.05) is 10.2 Å². The molecule has 4 heterocycles. The first kappa shape index (κ1) is 42.3. The average Bonchev–Trinajstić information content (AvgIpc) is 3.99. The topological polar surface area (TPSA) is 33.3 Å². The van der Waals surface area contributed by atoms with Gasteiger partial charge in [-0.05, 0) is 122 Å². The van der Waals surface area contributed by atoms with Crippen LogP contribution in [0, 0.1) is 0 Å². The number of hydrogen-bond acceptors (Lipinski definition) is 4. The lowest BCUT2D eigenvalue weighted by Gasteiger charge is -2.29. The molecular formula is C62H56BN3OS. The minimum atomic E-state index is 0.0208. The van der Waals surface area contributed by atoms with Gasteiger partial charge in [-0.3, -0.25) is 0 Å². The first-order valence-electron chi connectivity index (χ1n) is 24.0. The summed E-state index contributed by atoms with van der Waals surface area (Å²) >= 11 is 1.94. The van der Waals surface area contributed by atoms with E-state index in [1.165, 1.54) is 70.1 Å². The van der Waals surface area contributed by atoms with Crippen molar-refractivity contribution < 1.29 is 4.42 Å². The fourth-order valence-corrected chi connectivity index (χ4v) is 11.8. The quantitative estimate of drug-likeness (QED) is 0.169. The number of rotatable bonds is 6. The molecule has 8 aromatic carbocycles. The molecule has 68 heavy (non-hydrogen) atoms. The number of para-hydroxylation sites is 3. The summed E-state index contributed by atoms with van der Waals surface area (Å²) in [5.41, 5.74) is 18.6. The van der Waals surface area contributed by atoms with Crippen molar-refractivity contribution in [1.29, 1.82) is 0 Å². The second-order valence-electron chi connectivity index (χ2n) is 21.9. The van der Waals surface area contributed by atoms with Crippen molar-refractivity contribution >= 4 is 111 Å². The molecule has 0 atom stereocenters. The number of nitrogens with zero attached hydrogens (tertiary/aromatic N) is 2. The maximum absolute atomic E-state index is 7.16. The van der Waals surface area contributed by atoms with Crippen LogP contribution in [0.25, 0.3) is 70.6 Å². The van der Waals surface area contributed by atoms with Crippen molar-refractivity contribution in [3.05, 3.63) is 180 Å². The molecule has 0 saturated heterocycles. The summed E-state index contributed by atoms with van der Waals surface area (Å²) in [6.07, 6.45) is 0. The molecule has 0 bridgehead atoms. The van der Waals surface area contributed by atoms with Crippen molar-refractivity contribution in [2.45, 2.75) is 78.6 Å². The lowest BCUT2D eigenvalue weighted by molar-refractivity contribution is 0.590. The van der Waals surface area contributed by atoms with E-state index in [9.17, 15) is 0 Å². The van der Waals surface area contributed by atoms with Crippen LogP contribution in [-0.4, -0.2) is 11.8 Å². The van der Waals surface area contributed by atoms with Gasteiger partial charge in [0.1, 0.15) is 11.2 Å². The SMILES string of the molecule is CC(C)(C)c1ccc(N(c2ccc(C(C)(C)C)cc2)c2ccc(-c3c4c5c(c6ccccc6n5-c5c(sc6ccc(C(C)(C)C)cc56)B4)c4oc5ccccc5c34)c(Nc3ccccc3)c2)cc1. The highest BCUT2D eigenvalue weighted by atomic mass is 32.1. The summed E-state index contributed by atoms with van der Waals surface area (Å²) in [6, 6.07) is 60.6. The monoisotopic (exact) mass is 901 g/mol. The van der Waals surface area contributed by atoms with Gasteiger partial charge in [-0.1, -0.05) is 153 Å². The Balaban J connectivity index is 1.17. The lowest BCUT2D eigenvalue weighted by atomic mass is 9.62. The smallest absolute Gasteiger partial charge is 0.211 e. The summed E-state index contributed by atoms with van der Waals surface area (Å²) < 4.78 is 12.4. The van der Waals surface area contributed by atoms with Gasteiger partial charge in [-0.15, -0.1) is 11.3 Å². The third-order valence-corrected chi connectivity index (χ3v) is 15.4. The predicted octanol–water partition coefficient (Wildman–Crippen LogP) is 16.4. The molecule has 0 saturated carbocycles. The molecule has 0 fully saturated rings. The maximum atomic E-state index is 7.16. The molecule has 0 aliphatic carbocycles. The van der Waals surface area contributed by atoms with E-state index in [1.807, 2.05) is 11.3 Å². The number of fused-ring (bicyclic) bond motifs is 11. The molecule has 12 rings (SSSR count). The molecule has 334 valence electrons. The van der Waals surface area contributed by atoms with Crippen LogP contribution in [0.5, 0.6) is 0 Å². The summed E-state index contributed by atoms with van der Waals surface area (Å²) in [5, 5.41) is 9.98. The van der Waals surface area contributed by atoms with E-state index in [1.54, 1.807) is 0 Å². The van der Waals surface area contributed by atoms with Gasteiger partial charge >= 0.3 is 0 Å². The Morgan fingerprint density at radius 3 is 1.79 bits per heavy atom. The number of nitrogens with one attached hydrogen (secondary N) is 1. The zero-order valence-corrected chi connectivity index (χ0v) is 41.3. The zero-order valence-electron chi connectivity index (χ0n) is 40.5. The second-order valence-corrected chi connectivity index (χ2v) is 23.0. The van der Waals surface area contributed by atoms with Crippen LogP contribution in [0.1, 0.15) is 79.0 Å². The number of anilines is 5. The van der Waals surface area contributed by atoms with E-state index in [4.69, 9.17) is 4.42 Å². The number of furan rings is 1. The molecule has 0 amide bonds. The molecule has 6 heteroatoms. The van der Waals surface area contributed by atoms with Crippen molar-refractivity contribution in [1.82, 2.24) is 4.57 Å². The first-order valence-corrected chi connectivity index (χ1v) is 24.9. The van der Waals surface area contributed by atoms with Crippen LogP contribution in [0.4, 0.5) is 28.4 Å². The first-order chi connectivity index (χ1) is 32.6. The fourth-order valence-electron chi connectivity index (χ4n) is 10.7. The number of aromatic nitrogens is 1. The van der Waals surface area contributed by atoms with E-state index in [2.05, 4.69) is 241 Å². The standard InChI is InChI=1S/C62H56BN3OS/c1-60(2,3)37-23-28-41(29-24-37)65(42-30-25-38(26-31-42)61(4,5)6)43-32-33-44(48(36-43)64-40-17-11-10-12-18-40)52-53-46-20-14-16-22-50(46)67-58(53)54-45-19-13-15-21-49(45)66-56-47-35-39(62(7,8)9)27-34-51(47)68-59(56)63-55(52)57(54)66/h10-36,63-64H,1-9H3.